The van der Waals surface area contributed by atoms with Crippen LogP contribution in [0, 0.1) is 0 Å². The Morgan fingerprint density at radius 2 is 1.96 bits per heavy atom. The largest absolute Gasteiger partial charge is 0.494 e. The first kappa shape index (κ1) is 16.5. The molecule has 0 radical (unpaired) electrons. The lowest BCUT2D eigenvalue weighted by Crippen LogP contribution is -2.11. The number of benzene rings is 2. The van der Waals surface area contributed by atoms with Crippen LogP contribution < -0.4 is 10.1 Å². The highest BCUT2D eigenvalue weighted by Gasteiger charge is 2.10. The number of aromatic nitrogens is 1. The minimum Gasteiger partial charge on any atom is -0.494 e. The summed E-state index contributed by atoms with van der Waals surface area (Å²) in [4.78, 5) is 16.8. The first-order valence-corrected chi connectivity index (χ1v) is 8.95. The van der Waals surface area contributed by atoms with E-state index in [9.17, 15) is 4.79 Å². The maximum Gasteiger partial charge on any atom is 0.257 e. The third-order valence-electron chi connectivity index (χ3n) is 3.65. The van der Waals surface area contributed by atoms with Gasteiger partial charge in [0.25, 0.3) is 5.91 Å². The SMILES string of the molecule is CCCc1ccc(C(=O)Nc2nc3ccc(OCC)cc3s2)cc1. The number of rotatable bonds is 6. The maximum atomic E-state index is 12.4. The Morgan fingerprint density at radius 3 is 2.67 bits per heavy atom. The van der Waals surface area contributed by atoms with Gasteiger partial charge in [0.2, 0.25) is 0 Å². The number of ether oxygens (including phenoxy) is 1. The van der Waals surface area contributed by atoms with Crippen molar-refractivity contribution in [2.75, 3.05) is 11.9 Å². The second kappa shape index (κ2) is 7.45. The topological polar surface area (TPSA) is 51.2 Å². The van der Waals surface area contributed by atoms with Crippen molar-refractivity contribution in [2.45, 2.75) is 26.7 Å². The molecule has 1 amide bonds. The van der Waals surface area contributed by atoms with E-state index in [2.05, 4.69) is 17.2 Å². The molecule has 0 aliphatic heterocycles. The van der Waals surface area contributed by atoms with Gasteiger partial charge in [-0.1, -0.05) is 36.8 Å². The Balaban J connectivity index is 1.74. The molecule has 1 N–H and O–H groups in total. The van der Waals surface area contributed by atoms with Crippen molar-refractivity contribution in [3.05, 3.63) is 53.6 Å². The Morgan fingerprint density at radius 1 is 1.17 bits per heavy atom. The molecular formula is C19H20N2O2S. The van der Waals surface area contributed by atoms with E-state index < -0.39 is 0 Å². The van der Waals surface area contributed by atoms with E-state index in [-0.39, 0.29) is 5.91 Å². The van der Waals surface area contributed by atoms with Gasteiger partial charge in [0, 0.05) is 5.56 Å². The fourth-order valence-electron chi connectivity index (χ4n) is 2.50. The van der Waals surface area contributed by atoms with E-state index in [1.807, 2.05) is 49.4 Å². The zero-order chi connectivity index (χ0) is 16.9. The van der Waals surface area contributed by atoms with Crippen molar-refractivity contribution in [3.63, 3.8) is 0 Å². The predicted octanol–water partition coefficient (Wildman–Crippen LogP) is 4.90. The van der Waals surface area contributed by atoms with Crippen LogP contribution in [-0.4, -0.2) is 17.5 Å². The Kier molecular flexibility index (Phi) is 5.11. The third-order valence-corrected chi connectivity index (χ3v) is 4.58. The summed E-state index contributed by atoms with van der Waals surface area (Å²) in [6.45, 7) is 4.72. The third kappa shape index (κ3) is 3.74. The van der Waals surface area contributed by atoms with Gasteiger partial charge in [0.15, 0.2) is 5.13 Å². The Labute approximate surface area is 145 Å². The molecule has 3 aromatic rings. The molecule has 0 aliphatic carbocycles. The zero-order valence-electron chi connectivity index (χ0n) is 13.8. The van der Waals surface area contributed by atoms with Crippen LogP contribution in [0.5, 0.6) is 5.75 Å². The zero-order valence-corrected chi connectivity index (χ0v) is 14.7. The van der Waals surface area contributed by atoms with E-state index in [4.69, 9.17) is 4.74 Å². The number of aryl methyl sites for hydroxylation is 1. The number of carbonyl (C=O) groups is 1. The number of thiazole rings is 1. The van der Waals surface area contributed by atoms with Crippen molar-refractivity contribution in [1.29, 1.82) is 0 Å². The normalized spacial score (nSPS) is 10.8. The number of amides is 1. The van der Waals surface area contributed by atoms with Crippen LogP contribution >= 0.6 is 11.3 Å². The second-order valence-corrected chi connectivity index (χ2v) is 6.51. The van der Waals surface area contributed by atoms with Crippen molar-refractivity contribution >= 4 is 32.6 Å². The fraction of sp³-hybridized carbons (Fsp3) is 0.263. The molecule has 4 nitrogen and oxygen atoms in total. The van der Waals surface area contributed by atoms with Crippen molar-refractivity contribution in [3.8, 4) is 5.75 Å². The van der Waals surface area contributed by atoms with Crippen molar-refractivity contribution in [1.82, 2.24) is 4.98 Å². The number of carbonyl (C=O) groups excluding carboxylic acids is 1. The number of anilines is 1. The summed E-state index contributed by atoms with van der Waals surface area (Å²) < 4.78 is 6.49. The second-order valence-electron chi connectivity index (χ2n) is 5.48. The lowest BCUT2D eigenvalue weighted by Gasteiger charge is -2.03. The molecule has 0 saturated carbocycles. The number of fused-ring (bicyclic) bond motifs is 1. The summed E-state index contributed by atoms with van der Waals surface area (Å²) in [6, 6.07) is 13.5. The molecule has 1 aromatic heterocycles. The van der Waals surface area contributed by atoms with E-state index in [0.717, 1.165) is 28.8 Å². The fourth-order valence-corrected chi connectivity index (χ4v) is 3.38. The maximum absolute atomic E-state index is 12.4. The van der Waals surface area contributed by atoms with Gasteiger partial charge in [-0.25, -0.2) is 4.98 Å². The van der Waals surface area contributed by atoms with Crippen LogP contribution in [0.1, 0.15) is 36.2 Å². The first-order chi connectivity index (χ1) is 11.7. The van der Waals surface area contributed by atoms with Crippen LogP contribution in [0.3, 0.4) is 0 Å². The van der Waals surface area contributed by atoms with Gasteiger partial charge in [-0.3, -0.25) is 10.1 Å². The molecule has 5 heteroatoms. The average molecular weight is 340 g/mol. The highest BCUT2D eigenvalue weighted by Crippen LogP contribution is 2.29. The smallest absolute Gasteiger partial charge is 0.257 e. The van der Waals surface area contributed by atoms with Gasteiger partial charge in [-0.05, 0) is 49.2 Å². The first-order valence-electron chi connectivity index (χ1n) is 8.13. The molecule has 2 aromatic carbocycles. The van der Waals surface area contributed by atoms with E-state index >= 15 is 0 Å². The monoisotopic (exact) mass is 340 g/mol. The molecule has 0 atom stereocenters. The number of hydrogen-bond donors (Lipinski definition) is 1. The summed E-state index contributed by atoms with van der Waals surface area (Å²) in [6.07, 6.45) is 2.13. The summed E-state index contributed by atoms with van der Waals surface area (Å²) >= 11 is 1.45. The van der Waals surface area contributed by atoms with E-state index in [0.29, 0.717) is 17.3 Å². The van der Waals surface area contributed by atoms with Gasteiger partial charge in [-0.15, -0.1) is 0 Å². The molecule has 3 rings (SSSR count). The predicted molar refractivity (Wildman–Crippen MR) is 99.2 cm³/mol. The van der Waals surface area contributed by atoms with Crippen LogP contribution in [0.4, 0.5) is 5.13 Å². The summed E-state index contributed by atoms with van der Waals surface area (Å²) in [5, 5.41) is 3.48. The minimum absolute atomic E-state index is 0.137. The molecule has 24 heavy (non-hydrogen) atoms. The lowest BCUT2D eigenvalue weighted by atomic mass is 10.1. The van der Waals surface area contributed by atoms with Crippen LogP contribution in [0.15, 0.2) is 42.5 Å². The average Bonchev–Trinajstić information content (AvgIpc) is 2.97. The molecule has 0 saturated heterocycles. The number of hydrogen-bond acceptors (Lipinski definition) is 4. The van der Waals surface area contributed by atoms with Crippen LogP contribution in [-0.2, 0) is 6.42 Å². The molecule has 124 valence electrons. The molecule has 0 fully saturated rings. The summed E-state index contributed by atoms with van der Waals surface area (Å²) in [5.74, 6) is 0.681. The highest BCUT2D eigenvalue weighted by molar-refractivity contribution is 7.22. The van der Waals surface area contributed by atoms with Gasteiger partial charge in [0.05, 0.1) is 16.8 Å². The minimum atomic E-state index is -0.137. The molecule has 0 aliphatic rings. The van der Waals surface area contributed by atoms with Gasteiger partial charge >= 0.3 is 0 Å². The molecule has 0 bridgehead atoms. The quantitative estimate of drug-likeness (QED) is 0.694. The van der Waals surface area contributed by atoms with E-state index in [1.165, 1.54) is 16.9 Å². The standard InChI is InChI=1S/C19H20N2O2S/c1-3-5-13-6-8-14(9-7-13)18(22)21-19-20-16-11-10-15(23-4-2)12-17(16)24-19/h6-12H,3-5H2,1-2H3,(H,20,21,22). The van der Waals surface area contributed by atoms with Gasteiger partial charge in [-0.2, -0.15) is 0 Å². The summed E-state index contributed by atoms with van der Waals surface area (Å²) in [7, 11) is 0. The highest BCUT2D eigenvalue weighted by atomic mass is 32.1. The molecule has 1 heterocycles. The Bertz CT molecular complexity index is 840. The van der Waals surface area contributed by atoms with Gasteiger partial charge < -0.3 is 4.74 Å². The number of nitrogens with zero attached hydrogens (tertiary/aromatic N) is 1. The molecule has 0 unspecified atom stereocenters. The van der Waals surface area contributed by atoms with E-state index in [1.54, 1.807) is 0 Å². The lowest BCUT2D eigenvalue weighted by molar-refractivity contribution is 0.102. The number of nitrogens with one attached hydrogen (secondary N) is 1. The van der Waals surface area contributed by atoms with Crippen LogP contribution in [0.2, 0.25) is 0 Å². The van der Waals surface area contributed by atoms with Crippen molar-refractivity contribution in [2.24, 2.45) is 0 Å². The van der Waals surface area contributed by atoms with Crippen LogP contribution in [0.25, 0.3) is 10.2 Å². The molecule has 0 spiro atoms. The molecular weight excluding hydrogens is 320 g/mol. The Hall–Kier alpha value is -2.40. The van der Waals surface area contributed by atoms with Gasteiger partial charge in [0.1, 0.15) is 5.75 Å². The summed E-state index contributed by atoms with van der Waals surface area (Å²) in [5.41, 5.74) is 2.75. The van der Waals surface area contributed by atoms with Crippen molar-refractivity contribution < 1.29 is 9.53 Å².